The van der Waals surface area contributed by atoms with Crippen molar-refractivity contribution in [3.05, 3.63) is 36.7 Å². The highest BCUT2D eigenvalue weighted by atomic mass is 16.5. The summed E-state index contributed by atoms with van der Waals surface area (Å²) in [6, 6.07) is 8.06. The molecule has 0 aliphatic heterocycles. The van der Waals surface area contributed by atoms with Crippen LogP contribution in [0.3, 0.4) is 0 Å². The largest absolute Gasteiger partial charge is 0.493 e. The monoisotopic (exact) mass is 230 g/mol. The fourth-order valence-corrected chi connectivity index (χ4v) is 1.61. The maximum absolute atomic E-state index is 5.64. The number of hydrogen-bond donors (Lipinski definition) is 0. The Bertz CT molecular complexity index is 471. The molecule has 0 aliphatic rings. The minimum atomic E-state index is 0.546. The van der Waals surface area contributed by atoms with Crippen molar-refractivity contribution in [1.29, 1.82) is 0 Å². The number of aromatic nitrogens is 2. The van der Waals surface area contributed by atoms with E-state index in [9.17, 15) is 0 Å². The maximum atomic E-state index is 5.64. The first-order valence-corrected chi connectivity index (χ1v) is 5.87. The van der Waals surface area contributed by atoms with E-state index in [-0.39, 0.29) is 0 Å². The van der Waals surface area contributed by atoms with Crippen LogP contribution >= 0.6 is 0 Å². The van der Waals surface area contributed by atoms with Crippen LogP contribution in [0, 0.1) is 5.92 Å². The lowest BCUT2D eigenvalue weighted by Gasteiger charge is -2.09. The van der Waals surface area contributed by atoms with Crippen LogP contribution in [0.2, 0.25) is 0 Å². The first-order chi connectivity index (χ1) is 8.16. The highest BCUT2D eigenvalue weighted by Crippen LogP contribution is 2.20. The van der Waals surface area contributed by atoms with Crippen LogP contribution in [-0.4, -0.2) is 16.2 Å². The van der Waals surface area contributed by atoms with Gasteiger partial charge >= 0.3 is 0 Å². The van der Waals surface area contributed by atoms with Gasteiger partial charge in [0.05, 0.1) is 6.61 Å². The van der Waals surface area contributed by atoms with Crippen LogP contribution in [0.5, 0.6) is 5.75 Å². The third kappa shape index (κ3) is 2.87. The van der Waals surface area contributed by atoms with Crippen LogP contribution < -0.4 is 4.74 Å². The van der Waals surface area contributed by atoms with Gasteiger partial charge in [-0.05, 0) is 30.2 Å². The molecule has 1 aromatic heterocycles. The molecule has 1 heterocycles. The van der Waals surface area contributed by atoms with Crippen molar-refractivity contribution in [2.45, 2.75) is 13.8 Å². The van der Waals surface area contributed by atoms with Gasteiger partial charge in [-0.3, -0.25) is 0 Å². The Morgan fingerprint density at radius 1 is 1.24 bits per heavy atom. The van der Waals surface area contributed by atoms with Crippen molar-refractivity contribution in [3.8, 4) is 17.1 Å². The molecular formula is C14H18N2O. The number of hydrogen-bond acceptors (Lipinski definition) is 2. The molecule has 2 rings (SSSR count). The summed E-state index contributed by atoms with van der Waals surface area (Å²) in [5.41, 5.74) is 1.11. The zero-order valence-electron chi connectivity index (χ0n) is 10.6. The molecule has 0 radical (unpaired) electrons. The molecule has 0 saturated carbocycles. The van der Waals surface area contributed by atoms with E-state index < -0.39 is 0 Å². The predicted molar refractivity (Wildman–Crippen MR) is 69.0 cm³/mol. The zero-order chi connectivity index (χ0) is 12.3. The molecule has 0 saturated heterocycles. The first-order valence-electron chi connectivity index (χ1n) is 5.87. The minimum absolute atomic E-state index is 0.546. The maximum Gasteiger partial charge on any atom is 0.139 e. The molecule has 0 amide bonds. The molecule has 90 valence electrons. The molecule has 0 N–H and O–H groups in total. The summed E-state index contributed by atoms with van der Waals surface area (Å²) in [6.07, 6.45) is 3.75. The lowest BCUT2D eigenvalue weighted by Crippen LogP contribution is -2.04. The van der Waals surface area contributed by atoms with Crippen LogP contribution in [0.4, 0.5) is 0 Å². The molecular weight excluding hydrogens is 212 g/mol. The second-order valence-corrected chi connectivity index (χ2v) is 4.59. The number of nitrogens with zero attached hydrogens (tertiary/aromatic N) is 2. The molecule has 3 heteroatoms. The van der Waals surface area contributed by atoms with Gasteiger partial charge in [-0.25, -0.2) is 4.98 Å². The average molecular weight is 230 g/mol. The average Bonchev–Trinajstić information content (AvgIpc) is 2.73. The number of ether oxygens (including phenoxy) is 1. The van der Waals surface area contributed by atoms with E-state index in [0.29, 0.717) is 5.92 Å². The van der Waals surface area contributed by atoms with Crippen molar-refractivity contribution in [3.63, 3.8) is 0 Å². The third-order valence-electron chi connectivity index (χ3n) is 2.52. The van der Waals surface area contributed by atoms with E-state index >= 15 is 0 Å². The van der Waals surface area contributed by atoms with Gasteiger partial charge in [-0.1, -0.05) is 13.8 Å². The van der Waals surface area contributed by atoms with Gasteiger partial charge in [0.1, 0.15) is 11.6 Å². The van der Waals surface area contributed by atoms with Gasteiger partial charge in [0, 0.05) is 25.0 Å². The lowest BCUT2D eigenvalue weighted by atomic mass is 10.2. The number of imidazole rings is 1. The second kappa shape index (κ2) is 5.04. The fourth-order valence-electron chi connectivity index (χ4n) is 1.61. The quantitative estimate of drug-likeness (QED) is 0.807. The summed E-state index contributed by atoms with van der Waals surface area (Å²) < 4.78 is 7.65. The van der Waals surface area contributed by atoms with Crippen molar-refractivity contribution in [1.82, 2.24) is 9.55 Å². The summed E-state index contributed by atoms with van der Waals surface area (Å²) in [5, 5.41) is 0. The van der Waals surface area contributed by atoms with Crippen molar-refractivity contribution in [2.75, 3.05) is 6.61 Å². The fraction of sp³-hybridized carbons (Fsp3) is 0.357. The minimum Gasteiger partial charge on any atom is -0.493 e. The van der Waals surface area contributed by atoms with E-state index in [2.05, 4.69) is 18.8 Å². The third-order valence-corrected chi connectivity index (χ3v) is 2.52. The Morgan fingerprint density at radius 2 is 1.94 bits per heavy atom. The Kier molecular flexibility index (Phi) is 3.47. The molecule has 0 fully saturated rings. The van der Waals surface area contributed by atoms with Gasteiger partial charge in [-0.2, -0.15) is 0 Å². The number of benzene rings is 1. The highest BCUT2D eigenvalue weighted by Gasteiger charge is 2.03. The van der Waals surface area contributed by atoms with Crippen molar-refractivity contribution in [2.24, 2.45) is 13.0 Å². The van der Waals surface area contributed by atoms with Crippen molar-refractivity contribution >= 4 is 0 Å². The van der Waals surface area contributed by atoms with Gasteiger partial charge in [0.2, 0.25) is 0 Å². The van der Waals surface area contributed by atoms with Crippen LogP contribution in [0.15, 0.2) is 36.7 Å². The summed E-state index contributed by atoms with van der Waals surface area (Å²) in [6.45, 7) is 5.03. The number of aryl methyl sites for hydroxylation is 1. The van der Waals surface area contributed by atoms with Crippen LogP contribution in [0.25, 0.3) is 11.4 Å². The molecule has 17 heavy (non-hydrogen) atoms. The molecule has 1 aromatic carbocycles. The highest BCUT2D eigenvalue weighted by molar-refractivity contribution is 5.56. The molecule has 0 aliphatic carbocycles. The molecule has 0 bridgehead atoms. The summed E-state index contributed by atoms with van der Waals surface area (Å²) in [5.74, 6) is 2.43. The Hall–Kier alpha value is -1.77. The lowest BCUT2D eigenvalue weighted by molar-refractivity contribution is 0.271. The van der Waals surface area contributed by atoms with E-state index in [1.54, 1.807) is 6.20 Å². The number of rotatable bonds is 4. The topological polar surface area (TPSA) is 27.1 Å². The summed E-state index contributed by atoms with van der Waals surface area (Å²) >= 11 is 0. The molecule has 0 spiro atoms. The SMILES string of the molecule is CC(C)COc1ccc(-c2nccn2C)cc1. The van der Waals surface area contributed by atoms with E-state index in [1.807, 2.05) is 42.1 Å². The van der Waals surface area contributed by atoms with Gasteiger partial charge in [0.15, 0.2) is 0 Å². The van der Waals surface area contributed by atoms with Crippen molar-refractivity contribution < 1.29 is 4.74 Å². The predicted octanol–water partition coefficient (Wildman–Crippen LogP) is 3.12. The van der Waals surface area contributed by atoms with E-state index in [4.69, 9.17) is 4.74 Å². The first kappa shape index (κ1) is 11.7. The molecule has 3 nitrogen and oxygen atoms in total. The summed E-state index contributed by atoms with van der Waals surface area (Å²) in [7, 11) is 1.99. The van der Waals surface area contributed by atoms with E-state index in [0.717, 1.165) is 23.7 Å². The summed E-state index contributed by atoms with van der Waals surface area (Å²) in [4.78, 5) is 4.31. The van der Waals surface area contributed by atoms with Crippen LogP contribution in [-0.2, 0) is 7.05 Å². The van der Waals surface area contributed by atoms with Gasteiger partial charge in [-0.15, -0.1) is 0 Å². The standard InChI is InChI=1S/C14H18N2O/c1-11(2)10-17-13-6-4-12(5-7-13)14-15-8-9-16(14)3/h4-9,11H,10H2,1-3H3. The van der Waals surface area contributed by atoms with Gasteiger partial charge < -0.3 is 9.30 Å². The second-order valence-electron chi connectivity index (χ2n) is 4.59. The Balaban J connectivity index is 2.11. The van der Waals surface area contributed by atoms with Gasteiger partial charge in [0.25, 0.3) is 0 Å². The normalized spacial score (nSPS) is 10.8. The smallest absolute Gasteiger partial charge is 0.139 e. The Morgan fingerprint density at radius 3 is 2.47 bits per heavy atom. The zero-order valence-corrected chi connectivity index (χ0v) is 10.6. The van der Waals surface area contributed by atoms with Crippen LogP contribution in [0.1, 0.15) is 13.8 Å². The molecule has 2 aromatic rings. The Labute approximate surface area is 102 Å². The molecule has 0 atom stereocenters. The van der Waals surface area contributed by atoms with E-state index in [1.165, 1.54) is 0 Å². The molecule has 0 unspecified atom stereocenters.